The van der Waals surface area contributed by atoms with E-state index in [4.69, 9.17) is 0 Å². The Morgan fingerprint density at radius 3 is 2.57 bits per heavy atom. The van der Waals surface area contributed by atoms with Crippen molar-refractivity contribution in [2.75, 3.05) is 6.54 Å². The molecule has 1 amide bonds. The third-order valence-electron chi connectivity index (χ3n) is 4.01. The lowest BCUT2D eigenvalue weighted by Gasteiger charge is -2.43. The number of amides is 1. The normalized spacial score (nSPS) is 21.4. The number of hydrogen-bond donors (Lipinski definition) is 1. The van der Waals surface area contributed by atoms with Crippen LogP contribution in [-0.4, -0.2) is 34.5 Å². The van der Waals surface area contributed by atoms with Crippen LogP contribution in [0.4, 0.5) is 0 Å². The first-order chi connectivity index (χ1) is 9.92. The fraction of sp³-hybridized carbons (Fsp3) is 0.412. The first kappa shape index (κ1) is 15.3. The summed E-state index contributed by atoms with van der Waals surface area (Å²) in [5.41, 5.74) is 0.523. The van der Waals surface area contributed by atoms with Crippen molar-refractivity contribution >= 4 is 18.0 Å². The van der Waals surface area contributed by atoms with Gasteiger partial charge < -0.3 is 10.0 Å². The van der Waals surface area contributed by atoms with Gasteiger partial charge in [-0.3, -0.25) is 4.79 Å². The molecule has 0 spiro atoms. The summed E-state index contributed by atoms with van der Waals surface area (Å²) in [6.45, 7) is 4.32. The van der Waals surface area contributed by atoms with Crippen LogP contribution < -0.4 is 0 Å². The number of benzene rings is 1. The molecular weight excluding hydrogens is 266 g/mol. The molecule has 1 aliphatic rings. The molecule has 0 aromatic heterocycles. The van der Waals surface area contributed by atoms with Crippen molar-refractivity contribution in [2.45, 2.75) is 32.7 Å². The van der Waals surface area contributed by atoms with E-state index in [0.29, 0.717) is 6.54 Å². The second kappa shape index (κ2) is 6.12. The lowest BCUT2D eigenvalue weighted by molar-refractivity contribution is -0.156. The summed E-state index contributed by atoms with van der Waals surface area (Å²) in [5.74, 6) is -1.17. The van der Waals surface area contributed by atoms with E-state index in [1.165, 1.54) is 11.0 Å². The Balaban J connectivity index is 2.17. The smallest absolute Gasteiger partial charge is 0.326 e. The summed E-state index contributed by atoms with van der Waals surface area (Å²) in [5, 5.41) is 9.46. The molecule has 4 nitrogen and oxygen atoms in total. The number of piperidine rings is 1. The predicted molar refractivity (Wildman–Crippen MR) is 81.6 cm³/mol. The zero-order valence-electron chi connectivity index (χ0n) is 12.5. The van der Waals surface area contributed by atoms with Gasteiger partial charge in [-0.05, 0) is 29.9 Å². The quantitative estimate of drug-likeness (QED) is 0.870. The summed E-state index contributed by atoms with van der Waals surface area (Å²) in [7, 11) is 0. The summed E-state index contributed by atoms with van der Waals surface area (Å²) < 4.78 is 0. The van der Waals surface area contributed by atoms with Gasteiger partial charge in [0.2, 0.25) is 5.91 Å². The maximum atomic E-state index is 12.3. The summed E-state index contributed by atoms with van der Waals surface area (Å²) in [6.07, 6.45) is 4.84. The van der Waals surface area contributed by atoms with Crippen molar-refractivity contribution < 1.29 is 14.7 Å². The molecule has 1 fully saturated rings. The third kappa shape index (κ3) is 3.51. The van der Waals surface area contributed by atoms with Crippen molar-refractivity contribution in [1.82, 2.24) is 4.90 Å². The van der Waals surface area contributed by atoms with Crippen LogP contribution in [0.3, 0.4) is 0 Å². The maximum Gasteiger partial charge on any atom is 0.326 e. The second-order valence-corrected chi connectivity index (χ2v) is 6.11. The average molecular weight is 287 g/mol. The van der Waals surface area contributed by atoms with Gasteiger partial charge in [0, 0.05) is 12.6 Å². The van der Waals surface area contributed by atoms with E-state index in [0.717, 1.165) is 18.4 Å². The Morgan fingerprint density at radius 1 is 1.29 bits per heavy atom. The molecule has 1 saturated heterocycles. The first-order valence-corrected chi connectivity index (χ1v) is 7.18. The zero-order valence-corrected chi connectivity index (χ0v) is 12.5. The van der Waals surface area contributed by atoms with Crippen molar-refractivity contribution in [3.63, 3.8) is 0 Å². The lowest BCUT2D eigenvalue weighted by atomic mass is 9.76. The summed E-state index contributed by atoms with van der Waals surface area (Å²) in [4.78, 5) is 25.4. The molecule has 21 heavy (non-hydrogen) atoms. The van der Waals surface area contributed by atoms with E-state index in [1.54, 1.807) is 6.08 Å². The van der Waals surface area contributed by atoms with Crippen LogP contribution in [0.5, 0.6) is 0 Å². The Labute approximate surface area is 125 Å². The molecule has 4 heteroatoms. The molecule has 1 aliphatic heterocycles. The van der Waals surface area contributed by atoms with Crippen LogP contribution >= 0.6 is 0 Å². The topological polar surface area (TPSA) is 57.6 Å². The number of carboxylic acid groups (broad SMARTS) is 1. The van der Waals surface area contributed by atoms with E-state index in [2.05, 4.69) is 0 Å². The molecule has 1 aromatic carbocycles. The molecule has 1 heterocycles. The Bertz CT molecular complexity index is 548. The van der Waals surface area contributed by atoms with Gasteiger partial charge in [-0.15, -0.1) is 0 Å². The number of hydrogen-bond acceptors (Lipinski definition) is 2. The summed E-state index contributed by atoms with van der Waals surface area (Å²) >= 11 is 0. The fourth-order valence-electron chi connectivity index (χ4n) is 2.93. The van der Waals surface area contributed by atoms with E-state index >= 15 is 0 Å². The second-order valence-electron chi connectivity index (χ2n) is 6.11. The van der Waals surface area contributed by atoms with Gasteiger partial charge in [-0.1, -0.05) is 44.2 Å². The highest BCUT2D eigenvalue weighted by atomic mass is 16.4. The van der Waals surface area contributed by atoms with Crippen LogP contribution in [0.2, 0.25) is 0 Å². The SMILES string of the molecule is CC1(C)CCCN(C(=O)/C=C/c2ccccc2)C1C(=O)O. The minimum atomic E-state index is -0.929. The van der Waals surface area contributed by atoms with Crippen molar-refractivity contribution in [1.29, 1.82) is 0 Å². The number of carboxylic acids is 1. The van der Waals surface area contributed by atoms with Crippen LogP contribution in [-0.2, 0) is 9.59 Å². The summed E-state index contributed by atoms with van der Waals surface area (Å²) in [6, 6.07) is 8.74. The van der Waals surface area contributed by atoms with Crippen LogP contribution in [0.1, 0.15) is 32.3 Å². The van der Waals surface area contributed by atoms with Gasteiger partial charge in [0.1, 0.15) is 6.04 Å². The number of carbonyl (C=O) groups is 2. The van der Waals surface area contributed by atoms with E-state index in [9.17, 15) is 14.7 Å². The van der Waals surface area contributed by atoms with Gasteiger partial charge in [-0.25, -0.2) is 4.79 Å². The highest BCUT2D eigenvalue weighted by Gasteiger charge is 2.43. The highest BCUT2D eigenvalue weighted by molar-refractivity contribution is 5.94. The predicted octanol–water partition coefficient (Wildman–Crippen LogP) is 2.80. The molecule has 112 valence electrons. The van der Waals surface area contributed by atoms with Crippen LogP contribution in [0.25, 0.3) is 6.08 Å². The maximum absolute atomic E-state index is 12.3. The van der Waals surface area contributed by atoms with Crippen molar-refractivity contribution in [3.05, 3.63) is 42.0 Å². The van der Waals surface area contributed by atoms with Gasteiger partial charge in [0.15, 0.2) is 0 Å². The van der Waals surface area contributed by atoms with Crippen molar-refractivity contribution in [2.24, 2.45) is 5.41 Å². The minimum absolute atomic E-state index is 0.237. The van der Waals surface area contributed by atoms with Gasteiger partial charge in [0.25, 0.3) is 0 Å². The highest BCUT2D eigenvalue weighted by Crippen LogP contribution is 2.35. The zero-order chi connectivity index (χ0) is 15.5. The molecule has 0 radical (unpaired) electrons. The van der Waals surface area contributed by atoms with Crippen LogP contribution in [0.15, 0.2) is 36.4 Å². The molecule has 0 bridgehead atoms. The Kier molecular flexibility index (Phi) is 4.46. The number of rotatable bonds is 3. The largest absolute Gasteiger partial charge is 0.480 e. The van der Waals surface area contributed by atoms with Gasteiger partial charge in [-0.2, -0.15) is 0 Å². The standard InChI is InChI=1S/C17H21NO3/c1-17(2)11-6-12-18(15(17)16(20)21)14(19)10-9-13-7-4-3-5-8-13/h3-5,7-10,15H,6,11-12H2,1-2H3,(H,20,21)/b10-9+. The third-order valence-corrected chi connectivity index (χ3v) is 4.01. The van der Waals surface area contributed by atoms with Gasteiger partial charge in [0.05, 0.1) is 0 Å². The molecule has 1 N–H and O–H groups in total. The molecule has 1 atom stereocenters. The molecule has 1 unspecified atom stereocenters. The average Bonchev–Trinajstić information content (AvgIpc) is 2.44. The lowest BCUT2D eigenvalue weighted by Crippen LogP contribution is -2.55. The molecular formula is C17H21NO3. The number of nitrogens with zero attached hydrogens (tertiary/aromatic N) is 1. The fourth-order valence-corrected chi connectivity index (χ4v) is 2.93. The van der Waals surface area contributed by atoms with Gasteiger partial charge >= 0.3 is 5.97 Å². The van der Waals surface area contributed by atoms with E-state index in [1.807, 2.05) is 44.2 Å². The number of likely N-dealkylation sites (tertiary alicyclic amines) is 1. The first-order valence-electron chi connectivity index (χ1n) is 7.18. The minimum Gasteiger partial charge on any atom is -0.480 e. The Morgan fingerprint density at radius 2 is 1.95 bits per heavy atom. The Hall–Kier alpha value is -2.10. The van der Waals surface area contributed by atoms with Crippen molar-refractivity contribution in [3.8, 4) is 0 Å². The van der Waals surface area contributed by atoms with E-state index in [-0.39, 0.29) is 5.91 Å². The number of carbonyl (C=O) groups excluding carboxylic acids is 1. The molecule has 1 aromatic rings. The number of aliphatic carboxylic acids is 1. The van der Waals surface area contributed by atoms with Crippen LogP contribution in [0, 0.1) is 5.41 Å². The van der Waals surface area contributed by atoms with E-state index < -0.39 is 17.4 Å². The molecule has 0 aliphatic carbocycles. The monoisotopic (exact) mass is 287 g/mol. The molecule has 2 rings (SSSR count). The molecule has 0 saturated carbocycles.